The van der Waals surface area contributed by atoms with E-state index >= 15 is 0 Å². The smallest absolute Gasteiger partial charge is 0.283 e. The van der Waals surface area contributed by atoms with Crippen LogP contribution in [0.3, 0.4) is 0 Å². The summed E-state index contributed by atoms with van der Waals surface area (Å²) in [5.41, 5.74) is 0. The van der Waals surface area contributed by atoms with Crippen molar-refractivity contribution in [2.45, 2.75) is 13.8 Å². The van der Waals surface area contributed by atoms with Gasteiger partial charge in [-0.2, -0.15) is 0 Å². The third-order valence-corrected chi connectivity index (χ3v) is 1.81. The first kappa shape index (κ1) is 8.56. The van der Waals surface area contributed by atoms with E-state index in [1.165, 1.54) is 11.8 Å². The number of carbonyl (C=O) groups is 1. The Hall–Kier alpha value is -0.440. The Morgan fingerprint density at radius 2 is 2.22 bits per heavy atom. The molecule has 3 heteroatoms. The molecule has 0 rings (SSSR count). The summed E-state index contributed by atoms with van der Waals surface area (Å²) in [6, 6.07) is 0. The van der Waals surface area contributed by atoms with E-state index in [0.29, 0.717) is 0 Å². The van der Waals surface area contributed by atoms with Crippen LogP contribution in [0.4, 0.5) is 4.79 Å². The molecule has 0 aliphatic carbocycles. The fraction of sp³-hybridized carbons (Fsp3) is 0.500. The van der Waals surface area contributed by atoms with Gasteiger partial charge in [0.1, 0.15) is 0 Å². The molecule has 0 atom stereocenters. The molecule has 0 heterocycles. The molecule has 0 spiro atoms. The van der Waals surface area contributed by atoms with E-state index in [1.54, 1.807) is 7.05 Å². The number of nitrogens with one attached hydrogen (secondary N) is 1. The van der Waals surface area contributed by atoms with Crippen LogP contribution in [0, 0.1) is 0 Å². The lowest BCUT2D eigenvalue weighted by atomic mass is 10.6. The van der Waals surface area contributed by atoms with Crippen molar-refractivity contribution >= 4 is 17.0 Å². The number of carbonyl (C=O) groups excluding carboxylic acids is 1. The van der Waals surface area contributed by atoms with Gasteiger partial charge >= 0.3 is 0 Å². The third-order valence-electron chi connectivity index (χ3n) is 0.864. The molecule has 0 saturated carbocycles. The summed E-state index contributed by atoms with van der Waals surface area (Å²) >= 11 is 1.21. The molecule has 0 fully saturated rings. The van der Waals surface area contributed by atoms with Crippen LogP contribution in [0.25, 0.3) is 0 Å². The summed E-state index contributed by atoms with van der Waals surface area (Å²) in [5.74, 6) is 0. The second-order valence-corrected chi connectivity index (χ2v) is 2.76. The molecule has 0 aliphatic rings. The molecule has 0 bridgehead atoms. The van der Waals surface area contributed by atoms with E-state index in [2.05, 4.69) is 5.32 Å². The number of thioether (sulfide) groups is 1. The zero-order valence-corrected chi connectivity index (χ0v) is 6.71. The second-order valence-electron chi connectivity index (χ2n) is 1.54. The zero-order valence-electron chi connectivity index (χ0n) is 5.89. The van der Waals surface area contributed by atoms with Crippen LogP contribution < -0.4 is 5.32 Å². The maximum atomic E-state index is 10.6. The van der Waals surface area contributed by atoms with E-state index in [1.807, 2.05) is 19.9 Å². The normalized spacial score (nSPS) is 11.2. The number of rotatable bonds is 1. The van der Waals surface area contributed by atoms with Gasteiger partial charge < -0.3 is 5.32 Å². The van der Waals surface area contributed by atoms with Crippen molar-refractivity contribution in [2.75, 3.05) is 7.05 Å². The predicted molar refractivity (Wildman–Crippen MR) is 41.5 cm³/mol. The highest BCUT2D eigenvalue weighted by molar-refractivity contribution is 8.16. The third kappa shape index (κ3) is 4.09. The van der Waals surface area contributed by atoms with Crippen LogP contribution in [0.2, 0.25) is 0 Å². The van der Waals surface area contributed by atoms with Gasteiger partial charge in [0.05, 0.1) is 0 Å². The molecule has 2 nitrogen and oxygen atoms in total. The van der Waals surface area contributed by atoms with Crippen LogP contribution in [0.5, 0.6) is 0 Å². The fourth-order valence-electron chi connectivity index (χ4n) is 0.256. The number of allylic oxidation sites excluding steroid dienone is 2. The lowest BCUT2D eigenvalue weighted by Gasteiger charge is -1.95. The van der Waals surface area contributed by atoms with Gasteiger partial charge in [0.2, 0.25) is 0 Å². The van der Waals surface area contributed by atoms with E-state index in [4.69, 9.17) is 0 Å². The minimum absolute atomic E-state index is 0.00870. The lowest BCUT2D eigenvalue weighted by molar-refractivity contribution is 0.262. The van der Waals surface area contributed by atoms with E-state index in [9.17, 15) is 4.79 Å². The highest BCUT2D eigenvalue weighted by Crippen LogP contribution is 2.13. The first-order chi connectivity index (χ1) is 4.20. The minimum atomic E-state index is -0.00870. The Morgan fingerprint density at radius 3 is 2.56 bits per heavy atom. The van der Waals surface area contributed by atoms with Crippen LogP contribution in [0.15, 0.2) is 11.0 Å². The van der Waals surface area contributed by atoms with E-state index < -0.39 is 0 Å². The second kappa shape index (κ2) is 4.44. The molecule has 9 heavy (non-hydrogen) atoms. The Balaban J connectivity index is 3.60. The number of hydrogen-bond acceptors (Lipinski definition) is 2. The Bertz CT molecular complexity index is 131. The van der Waals surface area contributed by atoms with Crippen LogP contribution in [-0.2, 0) is 0 Å². The van der Waals surface area contributed by atoms with Gasteiger partial charge in [-0.15, -0.1) is 0 Å². The summed E-state index contributed by atoms with van der Waals surface area (Å²) in [7, 11) is 1.62. The topological polar surface area (TPSA) is 29.1 Å². The van der Waals surface area contributed by atoms with Crippen LogP contribution in [-0.4, -0.2) is 12.3 Å². The molecule has 0 radical (unpaired) electrons. The summed E-state index contributed by atoms with van der Waals surface area (Å²) in [4.78, 5) is 11.6. The van der Waals surface area contributed by atoms with Crippen molar-refractivity contribution in [1.82, 2.24) is 5.32 Å². The van der Waals surface area contributed by atoms with Gasteiger partial charge in [-0.1, -0.05) is 6.08 Å². The van der Waals surface area contributed by atoms with E-state index in [0.717, 1.165) is 4.91 Å². The van der Waals surface area contributed by atoms with Gasteiger partial charge in [-0.3, -0.25) is 4.79 Å². The first-order valence-electron chi connectivity index (χ1n) is 2.73. The van der Waals surface area contributed by atoms with Gasteiger partial charge in [-0.25, -0.2) is 0 Å². The fourth-order valence-corrected chi connectivity index (χ4v) is 0.769. The van der Waals surface area contributed by atoms with E-state index in [-0.39, 0.29) is 5.24 Å². The summed E-state index contributed by atoms with van der Waals surface area (Å²) in [6.07, 6.45) is 1.90. The van der Waals surface area contributed by atoms with Crippen molar-refractivity contribution < 1.29 is 4.79 Å². The highest BCUT2D eigenvalue weighted by atomic mass is 32.2. The maximum absolute atomic E-state index is 10.6. The quantitative estimate of drug-likeness (QED) is 0.611. The zero-order chi connectivity index (χ0) is 7.28. The average Bonchev–Trinajstić information content (AvgIpc) is 1.87. The Morgan fingerprint density at radius 1 is 1.67 bits per heavy atom. The average molecular weight is 145 g/mol. The first-order valence-corrected chi connectivity index (χ1v) is 3.54. The van der Waals surface area contributed by atoms with Gasteiger partial charge in [0.25, 0.3) is 5.24 Å². The minimum Gasteiger partial charge on any atom is -0.350 e. The Labute approximate surface area is 59.7 Å². The number of hydrogen-bond donors (Lipinski definition) is 1. The molecule has 0 aliphatic heterocycles. The summed E-state index contributed by atoms with van der Waals surface area (Å²) < 4.78 is 0. The van der Waals surface area contributed by atoms with Crippen LogP contribution >= 0.6 is 11.8 Å². The van der Waals surface area contributed by atoms with Crippen LogP contribution in [0.1, 0.15) is 13.8 Å². The predicted octanol–water partition coefficient (Wildman–Crippen LogP) is 1.98. The van der Waals surface area contributed by atoms with Crippen molar-refractivity contribution in [3.05, 3.63) is 11.0 Å². The monoisotopic (exact) mass is 145 g/mol. The lowest BCUT2D eigenvalue weighted by Crippen LogP contribution is -2.10. The van der Waals surface area contributed by atoms with Gasteiger partial charge in [0.15, 0.2) is 0 Å². The molecular weight excluding hydrogens is 134 g/mol. The largest absolute Gasteiger partial charge is 0.350 e. The molecule has 0 saturated heterocycles. The highest BCUT2D eigenvalue weighted by Gasteiger charge is 1.96. The molecule has 1 amide bonds. The standard InChI is InChI=1S/C6H11NOS/c1-4-5(2)9-6(8)7-3/h4H,1-3H3,(H,7,8)/b5-4+. The molecule has 0 aromatic carbocycles. The molecular formula is C6H11NOS. The Kier molecular flexibility index (Phi) is 4.22. The van der Waals surface area contributed by atoms with Crippen molar-refractivity contribution in [1.29, 1.82) is 0 Å². The maximum Gasteiger partial charge on any atom is 0.283 e. The molecule has 0 aromatic rings. The molecule has 0 unspecified atom stereocenters. The number of amides is 1. The molecule has 52 valence electrons. The SMILES string of the molecule is C/C=C(\C)SC(=O)NC. The molecule has 0 aromatic heterocycles. The van der Waals surface area contributed by atoms with Gasteiger partial charge in [-0.05, 0) is 30.5 Å². The molecule has 1 N–H and O–H groups in total. The summed E-state index contributed by atoms with van der Waals surface area (Å²) in [6.45, 7) is 3.81. The summed E-state index contributed by atoms with van der Waals surface area (Å²) in [5, 5.41) is 2.50. The van der Waals surface area contributed by atoms with Gasteiger partial charge in [0, 0.05) is 7.05 Å². The van der Waals surface area contributed by atoms with Crippen molar-refractivity contribution in [3.8, 4) is 0 Å². The van der Waals surface area contributed by atoms with Crippen molar-refractivity contribution in [3.63, 3.8) is 0 Å². The van der Waals surface area contributed by atoms with Crippen molar-refractivity contribution in [2.24, 2.45) is 0 Å².